The summed E-state index contributed by atoms with van der Waals surface area (Å²) >= 11 is 3.06. The number of carbonyl (C=O) groups is 2. The average Bonchev–Trinajstić information content (AvgIpc) is 3.51. The molecular formula is C25H28N2O2S2. The van der Waals surface area contributed by atoms with E-state index in [1.165, 1.54) is 17.8 Å². The fraction of sp³-hybridized carbons (Fsp3) is 0.360. The zero-order valence-electron chi connectivity index (χ0n) is 17.8. The minimum atomic E-state index is -0.640. The molecule has 162 valence electrons. The fourth-order valence-electron chi connectivity index (χ4n) is 4.25. The van der Waals surface area contributed by atoms with Crippen molar-refractivity contribution in [2.45, 2.75) is 57.7 Å². The average molecular weight is 453 g/mol. The smallest absolute Gasteiger partial charge is 0.265 e. The van der Waals surface area contributed by atoms with E-state index < -0.39 is 6.04 Å². The lowest BCUT2D eigenvalue weighted by molar-refractivity contribution is -0.127. The summed E-state index contributed by atoms with van der Waals surface area (Å²) in [6, 6.07) is 15.2. The Kier molecular flexibility index (Phi) is 7.20. The third-order valence-corrected chi connectivity index (χ3v) is 7.61. The van der Waals surface area contributed by atoms with Crippen molar-refractivity contribution in [3.8, 4) is 0 Å². The Balaban J connectivity index is 1.70. The lowest BCUT2D eigenvalue weighted by atomic mass is 9.91. The maximum absolute atomic E-state index is 13.7. The van der Waals surface area contributed by atoms with Gasteiger partial charge >= 0.3 is 0 Å². The molecule has 1 aliphatic rings. The largest absolute Gasteiger partial charge is 0.349 e. The number of benzene rings is 1. The summed E-state index contributed by atoms with van der Waals surface area (Å²) in [5.74, 6) is -0.161. The SMILES string of the molecule is Cc1ccc([C@@H](C(=O)NCc2cccs2)N(C(=O)c2cccs2)C2CCCCC2)cc1. The third-order valence-electron chi connectivity index (χ3n) is 5.87. The van der Waals surface area contributed by atoms with Crippen LogP contribution in [-0.2, 0) is 11.3 Å². The van der Waals surface area contributed by atoms with Crippen LogP contribution < -0.4 is 5.32 Å². The van der Waals surface area contributed by atoms with Gasteiger partial charge in [0.25, 0.3) is 5.91 Å². The molecule has 4 rings (SSSR count). The van der Waals surface area contributed by atoms with E-state index in [-0.39, 0.29) is 17.9 Å². The molecule has 6 heteroatoms. The van der Waals surface area contributed by atoms with Crippen molar-refractivity contribution in [2.24, 2.45) is 0 Å². The molecule has 2 aromatic heterocycles. The van der Waals surface area contributed by atoms with Crippen molar-refractivity contribution in [3.63, 3.8) is 0 Å². The number of rotatable bonds is 7. The van der Waals surface area contributed by atoms with Gasteiger partial charge in [-0.2, -0.15) is 0 Å². The van der Waals surface area contributed by atoms with E-state index in [1.807, 2.05) is 71.1 Å². The van der Waals surface area contributed by atoms with Crippen molar-refractivity contribution in [3.05, 3.63) is 80.2 Å². The van der Waals surface area contributed by atoms with Gasteiger partial charge in [0, 0.05) is 10.9 Å². The number of aryl methyl sites for hydroxylation is 1. The van der Waals surface area contributed by atoms with Gasteiger partial charge in [0.05, 0.1) is 11.4 Å². The zero-order valence-corrected chi connectivity index (χ0v) is 19.4. The van der Waals surface area contributed by atoms with Crippen molar-refractivity contribution < 1.29 is 9.59 Å². The Hall–Kier alpha value is -2.44. The molecule has 0 bridgehead atoms. The van der Waals surface area contributed by atoms with Crippen LogP contribution in [-0.4, -0.2) is 22.8 Å². The van der Waals surface area contributed by atoms with Crippen LogP contribution in [0.2, 0.25) is 0 Å². The number of amides is 2. The molecule has 0 unspecified atom stereocenters. The number of thiophene rings is 2. The van der Waals surface area contributed by atoms with Crippen molar-refractivity contribution >= 4 is 34.5 Å². The molecule has 1 fully saturated rings. The zero-order chi connectivity index (χ0) is 21.6. The van der Waals surface area contributed by atoms with E-state index in [4.69, 9.17) is 0 Å². The first-order valence-electron chi connectivity index (χ1n) is 10.9. The molecular weight excluding hydrogens is 424 g/mol. The molecule has 4 nitrogen and oxygen atoms in total. The van der Waals surface area contributed by atoms with Crippen LogP contribution in [0.4, 0.5) is 0 Å². The Morgan fingerprint density at radius 1 is 1.00 bits per heavy atom. The van der Waals surface area contributed by atoms with Gasteiger partial charge in [-0.3, -0.25) is 9.59 Å². The number of hydrogen-bond donors (Lipinski definition) is 1. The van der Waals surface area contributed by atoms with Crippen LogP contribution in [0.3, 0.4) is 0 Å². The van der Waals surface area contributed by atoms with Gasteiger partial charge in [-0.15, -0.1) is 22.7 Å². The summed E-state index contributed by atoms with van der Waals surface area (Å²) in [6.07, 6.45) is 5.26. The first kappa shape index (κ1) is 21.8. The second-order valence-corrected chi connectivity index (χ2v) is 10.1. The van der Waals surface area contributed by atoms with Crippen molar-refractivity contribution in [1.29, 1.82) is 0 Å². The van der Waals surface area contributed by atoms with Crippen LogP contribution in [0.15, 0.2) is 59.3 Å². The fourth-order valence-corrected chi connectivity index (χ4v) is 5.56. The number of carbonyl (C=O) groups excluding carboxylic acids is 2. The second kappa shape index (κ2) is 10.2. The summed E-state index contributed by atoms with van der Waals surface area (Å²) in [7, 11) is 0. The topological polar surface area (TPSA) is 49.4 Å². The van der Waals surface area contributed by atoms with Gasteiger partial charge in [0.1, 0.15) is 6.04 Å². The first-order chi connectivity index (χ1) is 15.1. The molecule has 1 aromatic carbocycles. The second-order valence-electron chi connectivity index (χ2n) is 8.09. The maximum Gasteiger partial charge on any atom is 0.265 e. The van der Waals surface area contributed by atoms with Crippen LogP contribution in [0, 0.1) is 6.92 Å². The molecule has 0 saturated heterocycles. The van der Waals surface area contributed by atoms with Gasteiger partial charge in [-0.05, 0) is 48.2 Å². The van der Waals surface area contributed by atoms with Crippen molar-refractivity contribution in [2.75, 3.05) is 0 Å². The highest BCUT2D eigenvalue weighted by molar-refractivity contribution is 7.12. The van der Waals surface area contributed by atoms with Crippen molar-refractivity contribution in [1.82, 2.24) is 10.2 Å². The molecule has 3 aromatic rings. The highest BCUT2D eigenvalue weighted by Crippen LogP contribution is 2.33. The van der Waals surface area contributed by atoms with Gasteiger partial charge in [-0.1, -0.05) is 61.2 Å². The summed E-state index contributed by atoms with van der Waals surface area (Å²) in [4.78, 5) is 30.9. The van der Waals surface area contributed by atoms with Gasteiger partial charge in [0.2, 0.25) is 5.91 Å². The number of nitrogens with one attached hydrogen (secondary N) is 1. The van der Waals surface area contributed by atoms with Gasteiger partial charge in [-0.25, -0.2) is 0 Å². The first-order valence-corrected chi connectivity index (χ1v) is 12.6. The van der Waals surface area contributed by atoms with Crippen LogP contribution in [0.25, 0.3) is 0 Å². The lowest BCUT2D eigenvalue weighted by Gasteiger charge is -2.39. The van der Waals surface area contributed by atoms with Gasteiger partial charge < -0.3 is 10.2 Å². The van der Waals surface area contributed by atoms with E-state index in [9.17, 15) is 9.59 Å². The van der Waals surface area contributed by atoms with E-state index in [1.54, 1.807) is 11.3 Å². The predicted molar refractivity (Wildman–Crippen MR) is 127 cm³/mol. The van der Waals surface area contributed by atoms with Crippen LogP contribution in [0.1, 0.15) is 63.8 Å². The van der Waals surface area contributed by atoms with E-state index >= 15 is 0 Å². The predicted octanol–water partition coefficient (Wildman–Crippen LogP) is 5.95. The molecule has 1 N–H and O–H groups in total. The van der Waals surface area contributed by atoms with Crippen LogP contribution in [0.5, 0.6) is 0 Å². The molecule has 31 heavy (non-hydrogen) atoms. The highest BCUT2D eigenvalue weighted by Gasteiger charge is 2.37. The molecule has 1 atom stereocenters. The Bertz CT molecular complexity index is 975. The molecule has 2 amide bonds. The Morgan fingerprint density at radius 3 is 2.35 bits per heavy atom. The highest BCUT2D eigenvalue weighted by atomic mass is 32.1. The quantitative estimate of drug-likeness (QED) is 0.481. The number of hydrogen-bond acceptors (Lipinski definition) is 4. The third kappa shape index (κ3) is 5.25. The van der Waals surface area contributed by atoms with E-state index in [0.717, 1.165) is 41.7 Å². The summed E-state index contributed by atoms with van der Waals surface area (Å²) in [6.45, 7) is 2.51. The molecule has 1 saturated carbocycles. The number of nitrogens with zero attached hydrogens (tertiary/aromatic N) is 1. The normalized spacial score (nSPS) is 15.4. The molecule has 0 radical (unpaired) electrons. The molecule has 1 aliphatic carbocycles. The summed E-state index contributed by atoms with van der Waals surface area (Å²) in [5.41, 5.74) is 2.00. The van der Waals surface area contributed by atoms with Gasteiger partial charge in [0.15, 0.2) is 0 Å². The Morgan fingerprint density at radius 2 is 1.71 bits per heavy atom. The Labute approximate surface area is 191 Å². The minimum absolute atomic E-state index is 0.0428. The lowest BCUT2D eigenvalue weighted by Crippen LogP contribution is -2.49. The standard InChI is InChI=1S/C25H28N2O2S2/c1-18-11-13-19(14-12-18)23(24(28)26-17-21-9-5-15-30-21)27(20-7-3-2-4-8-20)25(29)22-10-6-16-31-22/h5-6,9-16,20,23H,2-4,7-8,17H2,1H3,(H,26,28)/t23-/m0/s1. The molecule has 2 heterocycles. The molecule has 0 aliphatic heterocycles. The molecule has 0 spiro atoms. The van der Waals surface area contributed by atoms with E-state index in [0.29, 0.717) is 11.4 Å². The minimum Gasteiger partial charge on any atom is -0.349 e. The maximum atomic E-state index is 13.7. The summed E-state index contributed by atoms with van der Waals surface area (Å²) in [5, 5.41) is 7.03. The summed E-state index contributed by atoms with van der Waals surface area (Å²) < 4.78 is 0. The monoisotopic (exact) mass is 452 g/mol. The van der Waals surface area contributed by atoms with Crippen LogP contribution >= 0.6 is 22.7 Å². The van der Waals surface area contributed by atoms with E-state index in [2.05, 4.69) is 5.32 Å².